The molecule has 1 fully saturated rings. The van der Waals surface area contributed by atoms with Gasteiger partial charge in [-0.25, -0.2) is 0 Å². The lowest BCUT2D eigenvalue weighted by atomic mass is 9.87. The van der Waals surface area contributed by atoms with Crippen molar-refractivity contribution in [2.75, 3.05) is 18.4 Å². The number of piperidine rings is 1. The number of ether oxygens (including phenoxy) is 1. The molecule has 0 spiro atoms. The second kappa shape index (κ2) is 5.88. The van der Waals surface area contributed by atoms with E-state index in [1.807, 2.05) is 35.1 Å². The summed E-state index contributed by atoms with van der Waals surface area (Å²) in [5.74, 6) is 0.905. The second-order valence-electron chi connectivity index (χ2n) is 7.55. The summed E-state index contributed by atoms with van der Waals surface area (Å²) >= 11 is 0. The molecule has 6 heteroatoms. The van der Waals surface area contributed by atoms with Crippen LogP contribution in [0.1, 0.15) is 32.3 Å². The summed E-state index contributed by atoms with van der Waals surface area (Å²) in [5.41, 5.74) is 1.14. The maximum atomic E-state index is 13.2. The highest BCUT2D eigenvalue weighted by Gasteiger charge is 2.42. The van der Waals surface area contributed by atoms with E-state index in [2.05, 4.69) is 29.6 Å². The summed E-state index contributed by atoms with van der Waals surface area (Å²) in [7, 11) is 0. The van der Waals surface area contributed by atoms with E-state index in [1.165, 1.54) is 0 Å². The highest BCUT2D eigenvalue weighted by Crippen LogP contribution is 2.37. The van der Waals surface area contributed by atoms with Gasteiger partial charge in [-0.1, -0.05) is 0 Å². The van der Waals surface area contributed by atoms with Gasteiger partial charge >= 0.3 is 0 Å². The monoisotopic (exact) mass is 340 g/mol. The number of carbonyl (C=O) groups excluding carboxylic acids is 1. The smallest absolute Gasteiger partial charge is 0.252 e. The molecule has 25 heavy (non-hydrogen) atoms. The Morgan fingerprint density at radius 1 is 1.32 bits per heavy atom. The SMILES string of the molecule is CC1(C)Cc2cc(NC(=O)C3(n4cccn4)CCNCC3)ccc2O1. The molecule has 0 bridgehead atoms. The lowest BCUT2D eigenvalue weighted by Gasteiger charge is -2.36. The molecule has 0 saturated carbocycles. The fourth-order valence-electron chi connectivity index (χ4n) is 3.86. The highest BCUT2D eigenvalue weighted by molar-refractivity contribution is 5.97. The molecule has 1 aromatic carbocycles. The van der Waals surface area contributed by atoms with Crippen LogP contribution in [0.15, 0.2) is 36.7 Å². The number of hydrogen-bond acceptors (Lipinski definition) is 4. The minimum absolute atomic E-state index is 0.00387. The van der Waals surface area contributed by atoms with Crippen molar-refractivity contribution in [2.45, 2.75) is 44.2 Å². The molecule has 1 saturated heterocycles. The summed E-state index contributed by atoms with van der Waals surface area (Å²) in [6, 6.07) is 7.75. The summed E-state index contributed by atoms with van der Waals surface area (Å²) in [6.45, 7) is 5.76. The van der Waals surface area contributed by atoms with Crippen molar-refractivity contribution in [1.82, 2.24) is 15.1 Å². The molecule has 2 N–H and O–H groups in total. The Kier molecular flexibility index (Phi) is 3.80. The minimum Gasteiger partial charge on any atom is -0.487 e. The van der Waals surface area contributed by atoms with E-state index in [0.717, 1.165) is 49.4 Å². The zero-order valence-corrected chi connectivity index (χ0v) is 14.7. The number of anilines is 1. The Labute approximate surface area is 147 Å². The van der Waals surface area contributed by atoms with E-state index >= 15 is 0 Å². The summed E-state index contributed by atoms with van der Waals surface area (Å²) in [4.78, 5) is 13.2. The first kappa shape index (κ1) is 16.1. The van der Waals surface area contributed by atoms with Crippen LogP contribution in [-0.4, -0.2) is 34.4 Å². The van der Waals surface area contributed by atoms with E-state index in [4.69, 9.17) is 4.74 Å². The van der Waals surface area contributed by atoms with Crippen LogP contribution < -0.4 is 15.4 Å². The van der Waals surface area contributed by atoms with Crippen molar-refractivity contribution in [3.8, 4) is 5.75 Å². The van der Waals surface area contributed by atoms with E-state index in [-0.39, 0.29) is 11.5 Å². The van der Waals surface area contributed by atoms with E-state index < -0.39 is 5.54 Å². The molecule has 0 aliphatic carbocycles. The van der Waals surface area contributed by atoms with Crippen molar-refractivity contribution in [1.29, 1.82) is 0 Å². The number of benzene rings is 1. The molecule has 0 atom stereocenters. The molecule has 1 amide bonds. The second-order valence-corrected chi connectivity index (χ2v) is 7.55. The fraction of sp³-hybridized carbons (Fsp3) is 0.474. The number of fused-ring (bicyclic) bond motifs is 1. The van der Waals surface area contributed by atoms with Gasteiger partial charge in [0.05, 0.1) is 0 Å². The number of rotatable bonds is 3. The van der Waals surface area contributed by atoms with Gasteiger partial charge in [0.1, 0.15) is 16.9 Å². The van der Waals surface area contributed by atoms with Crippen LogP contribution in [0.3, 0.4) is 0 Å². The van der Waals surface area contributed by atoms with Gasteiger partial charge in [0, 0.05) is 30.1 Å². The van der Waals surface area contributed by atoms with Gasteiger partial charge in [-0.3, -0.25) is 9.48 Å². The van der Waals surface area contributed by atoms with Gasteiger partial charge in [-0.15, -0.1) is 0 Å². The minimum atomic E-state index is -0.635. The molecular formula is C19H24N4O2. The van der Waals surface area contributed by atoms with E-state index in [0.29, 0.717) is 0 Å². The van der Waals surface area contributed by atoms with Gasteiger partial charge < -0.3 is 15.4 Å². The van der Waals surface area contributed by atoms with Crippen molar-refractivity contribution >= 4 is 11.6 Å². The third-order valence-corrected chi connectivity index (χ3v) is 5.12. The standard InChI is InChI=1S/C19H24N4O2/c1-18(2)13-14-12-15(4-5-16(14)25-18)22-17(24)19(6-9-20-10-7-19)23-11-3-8-21-23/h3-5,8,11-12,20H,6-7,9-10,13H2,1-2H3,(H,22,24). The Bertz CT molecular complexity index is 777. The number of aromatic nitrogens is 2. The number of hydrogen-bond donors (Lipinski definition) is 2. The van der Waals surface area contributed by atoms with Crippen LogP contribution >= 0.6 is 0 Å². The van der Waals surface area contributed by atoms with Gasteiger partial charge in [0.15, 0.2) is 0 Å². The van der Waals surface area contributed by atoms with Gasteiger partial charge in [0.25, 0.3) is 5.91 Å². The molecule has 0 unspecified atom stereocenters. The quantitative estimate of drug-likeness (QED) is 0.900. The maximum Gasteiger partial charge on any atom is 0.252 e. The van der Waals surface area contributed by atoms with Gasteiger partial charge in [-0.05, 0) is 64.0 Å². The molecule has 3 heterocycles. The first-order valence-electron chi connectivity index (χ1n) is 8.83. The molecule has 1 aromatic heterocycles. The molecule has 2 aliphatic rings. The normalized spacial score (nSPS) is 20.6. The van der Waals surface area contributed by atoms with E-state index in [1.54, 1.807) is 6.20 Å². The average Bonchev–Trinajstić information content (AvgIpc) is 3.21. The zero-order chi connectivity index (χ0) is 17.5. The molecule has 2 aromatic rings. The van der Waals surface area contributed by atoms with Crippen molar-refractivity contribution in [2.24, 2.45) is 0 Å². The van der Waals surface area contributed by atoms with Crippen LogP contribution in [-0.2, 0) is 16.8 Å². The van der Waals surface area contributed by atoms with Crippen molar-refractivity contribution in [3.63, 3.8) is 0 Å². The third-order valence-electron chi connectivity index (χ3n) is 5.12. The average molecular weight is 340 g/mol. The van der Waals surface area contributed by atoms with Crippen molar-refractivity contribution in [3.05, 3.63) is 42.2 Å². The topological polar surface area (TPSA) is 68.2 Å². The summed E-state index contributed by atoms with van der Waals surface area (Å²) in [5, 5.41) is 10.8. The Morgan fingerprint density at radius 3 is 2.84 bits per heavy atom. The molecule has 2 aliphatic heterocycles. The predicted octanol–water partition coefficient (Wildman–Crippen LogP) is 2.31. The first-order chi connectivity index (χ1) is 12.0. The first-order valence-corrected chi connectivity index (χ1v) is 8.83. The Morgan fingerprint density at radius 2 is 2.12 bits per heavy atom. The van der Waals surface area contributed by atoms with Crippen molar-refractivity contribution < 1.29 is 9.53 Å². The van der Waals surface area contributed by atoms with E-state index in [9.17, 15) is 4.79 Å². The lowest BCUT2D eigenvalue weighted by Crippen LogP contribution is -2.52. The molecular weight excluding hydrogens is 316 g/mol. The molecule has 132 valence electrons. The number of nitrogens with one attached hydrogen (secondary N) is 2. The summed E-state index contributed by atoms with van der Waals surface area (Å²) in [6.07, 6.45) is 5.90. The van der Waals surface area contributed by atoms with Gasteiger partial charge in [0.2, 0.25) is 0 Å². The fourth-order valence-corrected chi connectivity index (χ4v) is 3.86. The Hall–Kier alpha value is -2.34. The van der Waals surface area contributed by atoms with Crippen LogP contribution in [0, 0.1) is 0 Å². The maximum absolute atomic E-state index is 13.2. The van der Waals surface area contributed by atoms with Crippen LogP contribution in [0.4, 0.5) is 5.69 Å². The molecule has 4 rings (SSSR count). The van der Waals surface area contributed by atoms with Crippen LogP contribution in [0.25, 0.3) is 0 Å². The number of carbonyl (C=O) groups is 1. The third kappa shape index (κ3) is 2.91. The predicted molar refractivity (Wildman–Crippen MR) is 95.8 cm³/mol. The lowest BCUT2D eigenvalue weighted by molar-refractivity contribution is -0.126. The number of amides is 1. The van der Waals surface area contributed by atoms with Crippen LogP contribution in [0.2, 0.25) is 0 Å². The largest absolute Gasteiger partial charge is 0.487 e. The van der Waals surface area contributed by atoms with Crippen LogP contribution in [0.5, 0.6) is 5.75 Å². The Balaban J connectivity index is 1.59. The highest BCUT2D eigenvalue weighted by atomic mass is 16.5. The number of nitrogens with zero attached hydrogens (tertiary/aromatic N) is 2. The van der Waals surface area contributed by atoms with Gasteiger partial charge in [-0.2, -0.15) is 5.10 Å². The molecule has 6 nitrogen and oxygen atoms in total. The summed E-state index contributed by atoms with van der Waals surface area (Å²) < 4.78 is 7.72. The molecule has 0 radical (unpaired) electrons. The zero-order valence-electron chi connectivity index (χ0n) is 14.7.